The maximum absolute atomic E-state index is 5.77. The summed E-state index contributed by atoms with van der Waals surface area (Å²) >= 11 is 3.48. The van der Waals surface area contributed by atoms with Crippen molar-refractivity contribution in [3.63, 3.8) is 0 Å². The second-order valence-electron chi connectivity index (χ2n) is 4.79. The predicted octanol–water partition coefficient (Wildman–Crippen LogP) is 2.53. The fourth-order valence-electron chi connectivity index (χ4n) is 2.38. The van der Waals surface area contributed by atoms with Crippen LogP contribution in [0.3, 0.4) is 0 Å². The van der Waals surface area contributed by atoms with Crippen molar-refractivity contribution in [3.8, 4) is 5.88 Å². The second-order valence-corrected chi connectivity index (χ2v) is 5.58. The number of nitrogens with one attached hydrogen (secondary N) is 1. The number of rotatable bonds is 6. The van der Waals surface area contributed by atoms with Crippen LogP contribution in [0.15, 0.2) is 10.8 Å². The zero-order chi connectivity index (χ0) is 13.7. The van der Waals surface area contributed by atoms with Crippen molar-refractivity contribution in [1.82, 2.24) is 14.9 Å². The van der Waals surface area contributed by atoms with Crippen LogP contribution in [0.25, 0.3) is 0 Å². The highest BCUT2D eigenvalue weighted by atomic mass is 79.9. The number of halogens is 1. The third kappa shape index (κ3) is 3.79. The first-order valence-electron chi connectivity index (χ1n) is 6.79. The number of hydrogen-bond acceptors (Lipinski definition) is 5. The molecule has 2 rings (SSSR count). The maximum atomic E-state index is 5.77. The molecule has 0 saturated carbocycles. The van der Waals surface area contributed by atoms with E-state index in [1.54, 1.807) is 0 Å². The van der Waals surface area contributed by atoms with Gasteiger partial charge in [0.2, 0.25) is 5.88 Å². The molecule has 106 valence electrons. The Balaban J connectivity index is 1.87. The minimum atomic E-state index is 0.617. The van der Waals surface area contributed by atoms with E-state index < -0.39 is 0 Å². The van der Waals surface area contributed by atoms with Crippen molar-refractivity contribution in [3.05, 3.63) is 10.8 Å². The summed E-state index contributed by atoms with van der Waals surface area (Å²) in [5, 5.41) is 3.17. The Kier molecular flexibility index (Phi) is 5.39. The summed E-state index contributed by atoms with van der Waals surface area (Å²) in [5.41, 5.74) is 0. The first-order chi connectivity index (χ1) is 9.22. The third-order valence-electron chi connectivity index (χ3n) is 3.46. The smallest absolute Gasteiger partial charge is 0.233 e. The van der Waals surface area contributed by atoms with Crippen LogP contribution >= 0.6 is 15.9 Å². The molecule has 1 N–H and O–H groups in total. The minimum Gasteiger partial charge on any atom is -0.477 e. The molecule has 1 aliphatic rings. The molecule has 0 spiro atoms. The van der Waals surface area contributed by atoms with Gasteiger partial charge in [0.05, 0.1) is 6.61 Å². The van der Waals surface area contributed by atoms with Gasteiger partial charge in [-0.25, -0.2) is 9.97 Å². The Morgan fingerprint density at radius 1 is 1.53 bits per heavy atom. The summed E-state index contributed by atoms with van der Waals surface area (Å²) in [4.78, 5) is 10.7. The van der Waals surface area contributed by atoms with Crippen molar-refractivity contribution in [1.29, 1.82) is 0 Å². The Morgan fingerprint density at radius 2 is 2.37 bits per heavy atom. The molecule has 6 heteroatoms. The standard InChI is InChI=1S/C13H21BrN4O/c1-3-15-12-11(14)13(17-9-16-12)19-8-6-10-5-4-7-18(10)2/h9-10H,3-8H2,1-2H3,(H,15,16,17). The summed E-state index contributed by atoms with van der Waals surface area (Å²) in [6, 6.07) is 0.647. The molecule has 1 fully saturated rings. The number of likely N-dealkylation sites (tertiary alicyclic amines) is 1. The van der Waals surface area contributed by atoms with Gasteiger partial charge in [-0.05, 0) is 55.7 Å². The van der Waals surface area contributed by atoms with E-state index in [1.807, 2.05) is 6.92 Å². The Bertz CT molecular complexity index is 416. The van der Waals surface area contributed by atoms with Gasteiger partial charge in [-0.15, -0.1) is 0 Å². The van der Waals surface area contributed by atoms with Crippen LogP contribution in [0, 0.1) is 0 Å². The Labute approximate surface area is 122 Å². The van der Waals surface area contributed by atoms with Crippen molar-refractivity contribution < 1.29 is 4.74 Å². The van der Waals surface area contributed by atoms with E-state index >= 15 is 0 Å². The highest BCUT2D eigenvalue weighted by molar-refractivity contribution is 9.10. The highest BCUT2D eigenvalue weighted by Crippen LogP contribution is 2.28. The second kappa shape index (κ2) is 7.05. The van der Waals surface area contributed by atoms with Gasteiger partial charge in [0.1, 0.15) is 16.6 Å². The van der Waals surface area contributed by atoms with Crippen LogP contribution in [0.4, 0.5) is 5.82 Å². The lowest BCUT2D eigenvalue weighted by Crippen LogP contribution is -2.26. The van der Waals surface area contributed by atoms with Crippen molar-refractivity contribution >= 4 is 21.7 Å². The zero-order valence-corrected chi connectivity index (χ0v) is 13.1. The molecule has 1 aromatic rings. The van der Waals surface area contributed by atoms with E-state index in [4.69, 9.17) is 4.74 Å². The molecular weight excluding hydrogens is 308 g/mol. The van der Waals surface area contributed by atoms with E-state index in [2.05, 4.69) is 43.2 Å². The van der Waals surface area contributed by atoms with Crippen LogP contribution in [0.5, 0.6) is 5.88 Å². The van der Waals surface area contributed by atoms with Crippen LogP contribution in [-0.2, 0) is 0 Å². The predicted molar refractivity (Wildman–Crippen MR) is 79.7 cm³/mol. The fraction of sp³-hybridized carbons (Fsp3) is 0.692. The summed E-state index contributed by atoms with van der Waals surface area (Å²) < 4.78 is 6.57. The van der Waals surface area contributed by atoms with Gasteiger partial charge in [-0.1, -0.05) is 0 Å². The normalized spacial score (nSPS) is 19.6. The largest absolute Gasteiger partial charge is 0.477 e. The van der Waals surface area contributed by atoms with Gasteiger partial charge in [-0.2, -0.15) is 0 Å². The molecular formula is C13H21BrN4O. The molecule has 0 aliphatic carbocycles. The van der Waals surface area contributed by atoms with E-state index in [0.29, 0.717) is 18.5 Å². The van der Waals surface area contributed by atoms with Gasteiger partial charge in [0.25, 0.3) is 0 Å². The molecule has 1 aliphatic heterocycles. The molecule has 1 atom stereocenters. The molecule has 1 unspecified atom stereocenters. The molecule has 19 heavy (non-hydrogen) atoms. The monoisotopic (exact) mass is 328 g/mol. The number of hydrogen-bond donors (Lipinski definition) is 1. The molecule has 0 aromatic carbocycles. The highest BCUT2D eigenvalue weighted by Gasteiger charge is 2.20. The van der Waals surface area contributed by atoms with Crippen LogP contribution in [0.2, 0.25) is 0 Å². The lowest BCUT2D eigenvalue weighted by atomic mass is 10.1. The molecule has 5 nitrogen and oxygen atoms in total. The number of aromatic nitrogens is 2. The van der Waals surface area contributed by atoms with E-state index in [-0.39, 0.29) is 0 Å². The van der Waals surface area contributed by atoms with Crippen molar-refractivity contribution in [2.75, 3.05) is 32.1 Å². The molecule has 0 bridgehead atoms. The van der Waals surface area contributed by atoms with E-state index in [1.165, 1.54) is 25.7 Å². The lowest BCUT2D eigenvalue weighted by Gasteiger charge is -2.19. The van der Waals surface area contributed by atoms with Gasteiger partial charge in [-0.3, -0.25) is 0 Å². The van der Waals surface area contributed by atoms with Crippen LogP contribution in [-0.4, -0.2) is 47.7 Å². The van der Waals surface area contributed by atoms with E-state index in [9.17, 15) is 0 Å². The SMILES string of the molecule is CCNc1ncnc(OCCC2CCCN2C)c1Br. The van der Waals surface area contributed by atoms with Crippen molar-refractivity contribution in [2.24, 2.45) is 0 Å². The molecule has 2 heterocycles. The molecule has 0 amide bonds. The lowest BCUT2D eigenvalue weighted by molar-refractivity contribution is 0.227. The van der Waals surface area contributed by atoms with Crippen LogP contribution < -0.4 is 10.1 Å². The molecule has 0 radical (unpaired) electrons. The summed E-state index contributed by atoms with van der Waals surface area (Å²) in [6.45, 7) is 4.75. The van der Waals surface area contributed by atoms with Gasteiger partial charge < -0.3 is 15.0 Å². The zero-order valence-electron chi connectivity index (χ0n) is 11.5. The average molecular weight is 329 g/mol. The van der Waals surface area contributed by atoms with Crippen molar-refractivity contribution in [2.45, 2.75) is 32.2 Å². The number of ether oxygens (including phenoxy) is 1. The summed E-state index contributed by atoms with van der Waals surface area (Å²) in [7, 11) is 2.18. The third-order valence-corrected chi connectivity index (χ3v) is 4.18. The quantitative estimate of drug-likeness (QED) is 0.869. The first kappa shape index (κ1) is 14.5. The number of nitrogens with zero attached hydrogens (tertiary/aromatic N) is 3. The average Bonchev–Trinajstić information content (AvgIpc) is 2.80. The topological polar surface area (TPSA) is 50.3 Å². The van der Waals surface area contributed by atoms with Gasteiger partial charge in [0.15, 0.2) is 0 Å². The Morgan fingerprint density at radius 3 is 3.05 bits per heavy atom. The summed E-state index contributed by atoms with van der Waals surface area (Å²) in [6.07, 6.45) is 5.14. The van der Waals surface area contributed by atoms with E-state index in [0.717, 1.165) is 23.3 Å². The summed E-state index contributed by atoms with van der Waals surface area (Å²) in [5.74, 6) is 1.40. The maximum Gasteiger partial charge on any atom is 0.233 e. The minimum absolute atomic E-state index is 0.617. The Hall–Kier alpha value is -0.880. The number of anilines is 1. The van der Waals surface area contributed by atoms with Crippen LogP contribution in [0.1, 0.15) is 26.2 Å². The van der Waals surface area contributed by atoms with Gasteiger partial charge >= 0.3 is 0 Å². The fourth-order valence-corrected chi connectivity index (χ4v) is 2.84. The molecule has 1 saturated heterocycles. The van der Waals surface area contributed by atoms with Gasteiger partial charge in [0, 0.05) is 12.6 Å². The molecule has 1 aromatic heterocycles. The first-order valence-corrected chi connectivity index (χ1v) is 7.59.